The van der Waals surface area contributed by atoms with Gasteiger partial charge in [0.05, 0.1) is 22.2 Å². The Morgan fingerprint density at radius 3 is 2.03 bits per heavy atom. The molecule has 2 heterocycles. The molecule has 5 rings (SSSR count). The number of nitrogens with zero attached hydrogens (tertiary/aromatic N) is 4. The van der Waals surface area contributed by atoms with Crippen molar-refractivity contribution in [2.75, 3.05) is 10.6 Å². The van der Waals surface area contributed by atoms with E-state index in [4.69, 9.17) is 5.73 Å². The molecule has 0 aliphatic carbocycles. The summed E-state index contributed by atoms with van der Waals surface area (Å²) in [5, 5.41) is 19.8. The summed E-state index contributed by atoms with van der Waals surface area (Å²) in [5.74, 6) is -0.0465. The maximum absolute atomic E-state index is 14.3. The van der Waals surface area contributed by atoms with Crippen LogP contribution in [0, 0.1) is 22.7 Å². The molecule has 6 nitrogen and oxygen atoms in total. The Labute approximate surface area is 226 Å². The van der Waals surface area contributed by atoms with Crippen molar-refractivity contribution in [3.8, 4) is 23.3 Å². The molecule has 1 amide bonds. The molecule has 2 N–H and O–H groups in total. The van der Waals surface area contributed by atoms with Gasteiger partial charge in [-0.25, -0.2) is 4.98 Å². The van der Waals surface area contributed by atoms with Crippen LogP contribution in [0.15, 0.2) is 83.9 Å². The van der Waals surface area contributed by atoms with Gasteiger partial charge in [0.2, 0.25) is 5.91 Å². The van der Waals surface area contributed by atoms with Crippen LogP contribution >= 0.6 is 11.8 Å². The SMILES string of the molecule is CCC(Sc1nc(N)c(C#N)c(-c2ccccc2)c1C#N)C(=O)N1c2ccccc2CCc2ccccc21. The summed E-state index contributed by atoms with van der Waals surface area (Å²) in [6, 6.07) is 29.6. The lowest BCUT2D eigenvalue weighted by Gasteiger charge is -2.28. The smallest absolute Gasteiger partial charge is 0.245 e. The second-order valence-electron chi connectivity index (χ2n) is 8.96. The molecule has 1 aliphatic rings. The molecule has 3 aromatic carbocycles. The van der Waals surface area contributed by atoms with Crippen molar-refractivity contribution in [3.05, 3.63) is 101 Å². The average Bonchev–Trinajstić information content (AvgIpc) is 3.12. The highest BCUT2D eigenvalue weighted by molar-refractivity contribution is 8.00. The third kappa shape index (κ3) is 4.49. The van der Waals surface area contributed by atoms with Crippen molar-refractivity contribution >= 4 is 34.9 Å². The van der Waals surface area contributed by atoms with Crippen LogP contribution in [0.5, 0.6) is 0 Å². The van der Waals surface area contributed by atoms with E-state index in [-0.39, 0.29) is 22.9 Å². The highest BCUT2D eigenvalue weighted by Crippen LogP contribution is 2.41. The zero-order valence-electron chi connectivity index (χ0n) is 20.9. The molecule has 186 valence electrons. The van der Waals surface area contributed by atoms with Crippen molar-refractivity contribution < 1.29 is 4.79 Å². The minimum atomic E-state index is -0.537. The van der Waals surface area contributed by atoms with Crippen molar-refractivity contribution in [1.29, 1.82) is 10.5 Å². The summed E-state index contributed by atoms with van der Waals surface area (Å²) in [6.07, 6.45) is 2.19. The standard InChI is InChI=1S/C31H25N5OS/c1-2-27(31(37)36-25-14-8-6-10-20(25)16-17-21-11-7-9-15-26(21)36)38-30-24(19-33)28(22-12-4-3-5-13-22)23(18-32)29(34)35-30/h3-15,27H,2,16-17H2,1H3,(H2,34,35). The van der Waals surface area contributed by atoms with Gasteiger partial charge in [-0.2, -0.15) is 10.5 Å². The van der Waals surface area contributed by atoms with Gasteiger partial charge in [-0.05, 0) is 48.1 Å². The number of fused-ring (bicyclic) bond motifs is 2. The zero-order valence-corrected chi connectivity index (χ0v) is 21.7. The van der Waals surface area contributed by atoms with Crippen molar-refractivity contribution in [3.63, 3.8) is 0 Å². The number of nitrogens with two attached hydrogens (primary N) is 1. The van der Waals surface area contributed by atoms with E-state index >= 15 is 0 Å². The Bertz CT molecular complexity index is 1560. The normalized spacial score (nSPS) is 12.9. The first-order valence-electron chi connectivity index (χ1n) is 12.4. The number of pyridine rings is 1. The number of para-hydroxylation sites is 2. The Hall–Kier alpha value is -4.59. The number of aromatic nitrogens is 1. The molecule has 38 heavy (non-hydrogen) atoms. The predicted octanol–water partition coefficient (Wildman–Crippen LogP) is 6.41. The summed E-state index contributed by atoms with van der Waals surface area (Å²) >= 11 is 1.23. The van der Waals surface area contributed by atoms with E-state index in [1.165, 1.54) is 11.8 Å². The molecule has 4 aromatic rings. The number of benzene rings is 3. The first-order chi connectivity index (χ1) is 18.6. The molecule has 0 bridgehead atoms. The number of amides is 1. The van der Waals surface area contributed by atoms with E-state index in [0.717, 1.165) is 35.3 Å². The Balaban J connectivity index is 1.61. The molecule has 0 saturated heterocycles. The number of thioether (sulfide) groups is 1. The molecule has 0 fully saturated rings. The zero-order chi connectivity index (χ0) is 26.6. The molecule has 1 atom stereocenters. The molecule has 7 heteroatoms. The minimum Gasteiger partial charge on any atom is -0.383 e. The Morgan fingerprint density at radius 2 is 1.47 bits per heavy atom. The van der Waals surface area contributed by atoms with Gasteiger partial charge in [-0.15, -0.1) is 0 Å². The number of nitrogen functional groups attached to an aromatic ring is 1. The fourth-order valence-corrected chi connectivity index (χ4v) is 5.94. The number of nitriles is 2. The van der Waals surface area contributed by atoms with Gasteiger partial charge in [-0.1, -0.05) is 85.4 Å². The highest BCUT2D eigenvalue weighted by atomic mass is 32.2. The van der Waals surface area contributed by atoms with E-state index in [2.05, 4.69) is 29.3 Å². The van der Waals surface area contributed by atoms with Gasteiger partial charge in [-0.3, -0.25) is 9.69 Å². The Kier molecular flexibility index (Phi) is 7.13. The Morgan fingerprint density at radius 1 is 0.921 bits per heavy atom. The fourth-order valence-electron chi connectivity index (χ4n) is 4.88. The maximum Gasteiger partial charge on any atom is 0.245 e. The molecule has 0 radical (unpaired) electrons. The van der Waals surface area contributed by atoms with Gasteiger partial charge in [0.1, 0.15) is 28.5 Å². The van der Waals surface area contributed by atoms with Gasteiger partial charge in [0, 0.05) is 5.56 Å². The third-order valence-corrected chi connectivity index (χ3v) is 8.07. The largest absolute Gasteiger partial charge is 0.383 e. The van der Waals surface area contributed by atoms with Gasteiger partial charge in [0.25, 0.3) is 0 Å². The van der Waals surface area contributed by atoms with Crippen LogP contribution in [0.3, 0.4) is 0 Å². The summed E-state index contributed by atoms with van der Waals surface area (Å²) < 4.78 is 0. The maximum atomic E-state index is 14.3. The van der Waals surface area contributed by atoms with E-state index in [9.17, 15) is 15.3 Å². The van der Waals surface area contributed by atoms with E-state index in [1.807, 2.05) is 78.6 Å². The van der Waals surface area contributed by atoms with Crippen LogP contribution in [0.25, 0.3) is 11.1 Å². The van der Waals surface area contributed by atoms with Crippen LogP contribution in [0.4, 0.5) is 17.2 Å². The van der Waals surface area contributed by atoms with Gasteiger partial charge in [0.15, 0.2) is 0 Å². The lowest BCUT2D eigenvalue weighted by molar-refractivity contribution is -0.117. The number of carbonyl (C=O) groups excluding carboxylic acids is 1. The minimum absolute atomic E-state index is 0.0422. The molecule has 1 aromatic heterocycles. The average molecular weight is 516 g/mol. The predicted molar refractivity (Wildman–Crippen MR) is 151 cm³/mol. The second kappa shape index (κ2) is 10.8. The van der Waals surface area contributed by atoms with E-state index in [1.54, 1.807) is 0 Å². The van der Waals surface area contributed by atoms with Gasteiger partial charge >= 0.3 is 0 Å². The fraction of sp³-hybridized carbons (Fsp3) is 0.161. The molecule has 1 unspecified atom stereocenters. The molecular weight excluding hydrogens is 490 g/mol. The van der Waals surface area contributed by atoms with Crippen molar-refractivity contribution in [2.45, 2.75) is 36.5 Å². The number of carbonyl (C=O) groups is 1. The van der Waals surface area contributed by atoms with Crippen LogP contribution in [-0.2, 0) is 17.6 Å². The molecule has 0 spiro atoms. The van der Waals surface area contributed by atoms with Gasteiger partial charge < -0.3 is 5.73 Å². The van der Waals surface area contributed by atoms with E-state index in [0.29, 0.717) is 22.6 Å². The van der Waals surface area contributed by atoms with E-state index < -0.39 is 5.25 Å². The summed E-state index contributed by atoms with van der Waals surface area (Å²) in [4.78, 5) is 20.5. The van der Waals surface area contributed by atoms with Crippen molar-refractivity contribution in [2.24, 2.45) is 0 Å². The lowest BCUT2D eigenvalue weighted by atomic mass is 9.97. The second-order valence-corrected chi connectivity index (χ2v) is 10.2. The molecule has 1 aliphatic heterocycles. The first kappa shape index (κ1) is 25.1. The topological polar surface area (TPSA) is 107 Å². The first-order valence-corrected chi connectivity index (χ1v) is 13.3. The lowest BCUT2D eigenvalue weighted by Crippen LogP contribution is -2.34. The molecule has 0 saturated carbocycles. The van der Waals surface area contributed by atoms with Crippen LogP contribution in [-0.4, -0.2) is 16.1 Å². The quantitative estimate of drug-likeness (QED) is 0.308. The number of hydrogen-bond donors (Lipinski definition) is 1. The van der Waals surface area contributed by atoms with Crippen LogP contribution in [0.2, 0.25) is 0 Å². The highest BCUT2D eigenvalue weighted by Gasteiger charge is 2.32. The monoisotopic (exact) mass is 515 g/mol. The van der Waals surface area contributed by atoms with Crippen LogP contribution < -0.4 is 10.6 Å². The summed E-state index contributed by atoms with van der Waals surface area (Å²) in [5.41, 5.74) is 11.7. The molecular formula is C31H25N5OS. The summed E-state index contributed by atoms with van der Waals surface area (Å²) in [6.45, 7) is 1.95. The number of anilines is 3. The number of aryl methyl sites for hydroxylation is 2. The number of rotatable bonds is 5. The van der Waals surface area contributed by atoms with Crippen molar-refractivity contribution in [1.82, 2.24) is 4.98 Å². The third-order valence-electron chi connectivity index (χ3n) is 6.73. The number of hydrogen-bond acceptors (Lipinski definition) is 6. The van der Waals surface area contributed by atoms with Crippen LogP contribution in [0.1, 0.15) is 35.6 Å². The summed E-state index contributed by atoms with van der Waals surface area (Å²) in [7, 11) is 0.